The Bertz CT molecular complexity index is 1770. The van der Waals surface area contributed by atoms with Crippen molar-refractivity contribution < 1.29 is 0 Å². The quantitative estimate of drug-likeness (QED) is 0.197. The molecule has 3 fully saturated rings. The van der Waals surface area contributed by atoms with Crippen LogP contribution in [0, 0.1) is 23.7 Å². The molecule has 214 valence electrons. The van der Waals surface area contributed by atoms with Crippen molar-refractivity contribution >= 4 is 57.2 Å². The molecule has 5 unspecified atom stereocenters. The number of benzene rings is 5. The minimum Gasteiger partial charge on any atom is -0.311 e. The van der Waals surface area contributed by atoms with Crippen LogP contribution in [0.5, 0.6) is 0 Å². The normalized spacial score (nSPS) is 25.7. The standard InChI is InChI=1S/C41H37BN2/c1-3-11-31(12-4-1)43-37-17-9-7-15-35(37)42-36-16-8-10-18-38(36)44(32-13-5-2-6-14-32)40-26-30(25-39(43)41(40)42)34-24-28-21-27-19-20-33(34)29(22-27)23-28/h1-18,25-29,33-34H,19-24H2. The summed E-state index contributed by atoms with van der Waals surface area (Å²) in [6.07, 6.45) is 8.64. The van der Waals surface area contributed by atoms with Gasteiger partial charge in [0.1, 0.15) is 0 Å². The van der Waals surface area contributed by atoms with Crippen LogP contribution in [0.2, 0.25) is 0 Å². The maximum atomic E-state index is 2.64. The lowest BCUT2D eigenvalue weighted by molar-refractivity contribution is 0.0153. The van der Waals surface area contributed by atoms with E-state index in [9.17, 15) is 0 Å². The van der Waals surface area contributed by atoms with Gasteiger partial charge in [-0.2, -0.15) is 0 Å². The third-order valence-corrected chi connectivity index (χ3v) is 11.9. The van der Waals surface area contributed by atoms with E-state index < -0.39 is 0 Å². The Morgan fingerprint density at radius 1 is 0.500 bits per heavy atom. The first-order valence-electron chi connectivity index (χ1n) is 16.9. The minimum atomic E-state index is 0.197. The highest BCUT2D eigenvalue weighted by Crippen LogP contribution is 2.58. The molecule has 44 heavy (non-hydrogen) atoms. The van der Waals surface area contributed by atoms with Crippen molar-refractivity contribution in [2.75, 3.05) is 9.80 Å². The van der Waals surface area contributed by atoms with Crippen LogP contribution >= 0.6 is 0 Å². The van der Waals surface area contributed by atoms with Gasteiger partial charge in [0.25, 0.3) is 6.71 Å². The Morgan fingerprint density at radius 2 is 1.05 bits per heavy atom. The zero-order valence-electron chi connectivity index (χ0n) is 25.1. The van der Waals surface area contributed by atoms with Crippen LogP contribution in [-0.4, -0.2) is 6.71 Å². The maximum absolute atomic E-state index is 2.64. The molecule has 0 radical (unpaired) electrons. The van der Waals surface area contributed by atoms with Crippen LogP contribution in [0.15, 0.2) is 121 Å². The Hall–Kier alpha value is -4.24. The Balaban J connectivity index is 1.27. The summed E-state index contributed by atoms with van der Waals surface area (Å²) in [5.74, 6) is 4.28. The van der Waals surface area contributed by atoms with Crippen molar-refractivity contribution in [3.8, 4) is 0 Å². The summed E-state index contributed by atoms with van der Waals surface area (Å²) < 4.78 is 0. The van der Waals surface area contributed by atoms with Crippen LogP contribution in [0.4, 0.5) is 34.1 Å². The van der Waals surface area contributed by atoms with Gasteiger partial charge in [-0.1, -0.05) is 79.2 Å². The van der Waals surface area contributed by atoms with Gasteiger partial charge >= 0.3 is 0 Å². The number of anilines is 6. The number of rotatable bonds is 3. The van der Waals surface area contributed by atoms with Crippen molar-refractivity contribution in [3.05, 3.63) is 127 Å². The first kappa shape index (κ1) is 25.1. The Morgan fingerprint density at radius 3 is 1.66 bits per heavy atom. The highest BCUT2D eigenvalue weighted by Gasteiger charge is 2.48. The van der Waals surface area contributed by atoms with E-state index in [1.807, 2.05) is 0 Å². The van der Waals surface area contributed by atoms with E-state index in [2.05, 4.69) is 131 Å². The molecule has 3 saturated carbocycles. The largest absolute Gasteiger partial charge is 0.311 e. The summed E-state index contributed by atoms with van der Waals surface area (Å²) in [6.45, 7) is 0.197. The molecular formula is C41H37BN2. The molecular weight excluding hydrogens is 531 g/mol. The van der Waals surface area contributed by atoms with Gasteiger partial charge in [-0.3, -0.25) is 0 Å². The van der Waals surface area contributed by atoms with Crippen LogP contribution in [0.3, 0.4) is 0 Å². The van der Waals surface area contributed by atoms with Gasteiger partial charge in [0.2, 0.25) is 0 Å². The van der Waals surface area contributed by atoms with Gasteiger partial charge < -0.3 is 9.80 Å². The summed E-state index contributed by atoms with van der Waals surface area (Å²) in [5.41, 5.74) is 13.6. The second-order valence-corrected chi connectivity index (χ2v) is 14.1. The van der Waals surface area contributed by atoms with Gasteiger partial charge in [-0.25, -0.2) is 0 Å². The molecule has 5 aromatic rings. The molecule has 0 spiro atoms. The minimum absolute atomic E-state index is 0.197. The van der Waals surface area contributed by atoms with E-state index >= 15 is 0 Å². The van der Waals surface area contributed by atoms with Crippen LogP contribution < -0.4 is 26.2 Å². The number of hydrogen-bond donors (Lipinski definition) is 0. The summed E-state index contributed by atoms with van der Waals surface area (Å²) in [6, 6.07) is 45.8. The number of fused-ring (bicyclic) bond motifs is 6. The molecule has 2 aliphatic heterocycles. The summed E-state index contributed by atoms with van der Waals surface area (Å²) in [5, 5.41) is 0. The Kier molecular flexibility index (Phi) is 5.50. The zero-order valence-corrected chi connectivity index (χ0v) is 25.1. The fourth-order valence-corrected chi connectivity index (χ4v) is 10.3. The first-order chi connectivity index (χ1) is 21.8. The fourth-order valence-electron chi connectivity index (χ4n) is 10.3. The van der Waals surface area contributed by atoms with Crippen molar-refractivity contribution in [2.45, 2.75) is 44.4 Å². The molecule has 0 N–H and O–H groups in total. The summed E-state index contributed by atoms with van der Waals surface area (Å²) in [4.78, 5) is 5.15. The number of hydrogen-bond acceptors (Lipinski definition) is 2. The highest BCUT2D eigenvalue weighted by molar-refractivity contribution is 7.00. The predicted octanol–water partition coefficient (Wildman–Crippen LogP) is 8.70. The van der Waals surface area contributed by atoms with E-state index in [4.69, 9.17) is 0 Å². The van der Waals surface area contributed by atoms with Gasteiger partial charge in [-0.05, 0) is 132 Å². The van der Waals surface area contributed by atoms with Crippen LogP contribution in [-0.2, 0) is 0 Å². The van der Waals surface area contributed by atoms with Crippen molar-refractivity contribution in [2.24, 2.45) is 23.7 Å². The second kappa shape index (κ2) is 9.63. The van der Waals surface area contributed by atoms with Crippen LogP contribution in [0.1, 0.15) is 50.0 Å². The average molecular weight is 569 g/mol. The fraction of sp³-hybridized carbons (Fsp3) is 0.268. The third-order valence-electron chi connectivity index (χ3n) is 11.9. The SMILES string of the molecule is c1ccc(N2c3ccccc3B3c4ccccc4N(c4ccccc4)c4cc(C5CC6CC7CCC5C(C7)C6)cc2c43)cc1. The highest BCUT2D eigenvalue weighted by atomic mass is 15.2. The molecule has 3 aliphatic carbocycles. The lowest BCUT2D eigenvalue weighted by atomic mass is 9.33. The lowest BCUT2D eigenvalue weighted by Gasteiger charge is -2.52. The molecule has 2 nitrogen and oxygen atoms in total. The number of nitrogens with zero attached hydrogens (tertiary/aromatic N) is 2. The van der Waals surface area contributed by atoms with E-state index in [-0.39, 0.29) is 6.71 Å². The van der Waals surface area contributed by atoms with Gasteiger partial charge in [0, 0.05) is 34.1 Å². The van der Waals surface area contributed by atoms with E-state index in [1.165, 1.54) is 89.0 Å². The predicted molar refractivity (Wildman–Crippen MR) is 185 cm³/mol. The molecule has 5 aliphatic rings. The monoisotopic (exact) mass is 568 g/mol. The molecule has 0 aromatic heterocycles. The third kappa shape index (κ3) is 3.62. The van der Waals surface area contributed by atoms with Crippen molar-refractivity contribution in [3.63, 3.8) is 0 Å². The molecule has 5 atom stereocenters. The van der Waals surface area contributed by atoms with Gasteiger partial charge in [0.15, 0.2) is 0 Å². The molecule has 5 aromatic carbocycles. The van der Waals surface area contributed by atoms with E-state index in [0.717, 1.165) is 23.7 Å². The molecule has 0 saturated heterocycles. The molecule has 0 amide bonds. The molecule has 10 rings (SSSR count). The second-order valence-electron chi connectivity index (χ2n) is 14.1. The topological polar surface area (TPSA) is 6.48 Å². The number of para-hydroxylation sites is 4. The molecule has 2 heterocycles. The molecule has 3 bridgehead atoms. The first-order valence-corrected chi connectivity index (χ1v) is 16.9. The van der Waals surface area contributed by atoms with Crippen LogP contribution in [0.25, 0.3) is 0 Å². The lowest BCUT2D eigenvalue weighted by Crippen LogP contribution is -2.61. The summed E-state index contributed by atoms with van der Waals surface area (Å²) in [7, 11) is 0. The zero-order chi connectivity index (χ0) is 28.8. The van der Waals surface area contributed by atoms with Gasteiger partial charge in [0.05, 0.1) is 0 Å². The smallest absolute Gasteiger partial charge is 0.252 e. The molecule has 3 heteroatoms. The summed E-state index contributed by atoms with van der Waals surface area (Å²) >= 11 is 0. The van der Waals surface area contributed by atoms with E-state index in [1.54, 1.807) is 5.56 Å². The maximum Gasteiger partial charge on any atom is 0.252 e. The Labute approximate surface area is 261 Å². The van der Waals surface area contributed by atoms with Crippen molar-refractivity contribution in [1.82, 2.24) is 0 Å². The van der Waals surface area contributed by atoms with Crippen molar-refractivity contribution in [1.29, 1.82) is 0 Å². The van der Waals surface area contributed by atoms with Gasteiger partial charge in [-0.15, -0.1) is 0 Å². The van der Waals surface area contributed by atoms with E-state index in [0.29, 0.717) is 5.92 Å². The average Bonchev–Trinajstić information content (AvgIpc) is 3.07.